The predicted octanol–water partition coefficient (Wildman–Crippen LogP) is 7.19. The molecule has 115 heavy (non-hydrogen) atoms. The van der Waals surface area contributed by atoms with Crippen LogP contribution >= 0.6 is 0 Å². The van der Waals surface area contributed by atoms with E-state index in [9.17, 15) is 38.4 Å². The van der Waals surface area contributed by atoms with Crippen LogP contribution in [0.4, 0.5) is 0 Å². The van der Waals surface area contributed by atoms with Gasteiger partial charge in [0.15, 0.2) is 0 Å². The fraction of sp³-hybridized carbons (Fsp3) is 0.477. The molecule has 0 bridgehead atoms. The van der Waals surface area contributed by atoms with Gasteiger partial charge in [-0.2, -0.15) is 0 Å². The highest BCUT2D eigenvalue weighted by Gasteiger charge is 2.50. The van der Waals surface area contributed by atoms with E-state index in [1.165, 1.54) is 6.92 Å². The molecule has 5 aromatic carbocycles. The molecule has 27 heteroatoms. The summed E-state index contributed by atoms with van der Waals surface area (Å²) in [6, 6.07) is 32.2. The SMILES string of the molecule is CC(C)C[C@@H](NC(=O)[C@H](Cc1c[nH]c2ccccc12)NC(=O)[C@H]1CC[C@@H]([C@H](C)NC(=O)[C@@H](CC(C)C)NC(=O)[C@H](Cc2c[nH]c3ccccc23)NC(=O)[C@H](NC(=O)[C@@H](NC(=O)[C@H](NC(=O)[C@H](C)N)C(C)C)C(C)C)C(C)C)O1)C(=O)N[C@@H](Cc1c[nH]c2ccccc12)C(=O)NCCO[Si](c1ccccc1)(c1ccccc1)C(C)(C)C. The molecule has 26 nitrogen and oxygen atoms in total. The Hall–Kier alpha value is -10.5. The third kappa shape index (κ3) is 23.0. The van der Waals surface area contributed by atoms with E-state index in [0.717, 1.165) is 54.2 Å². The average molecular weight is 1590 g/mol. The van der Waals surface area contributed by atoms with Gasteiger partial charge in [0.1, 0.15) is 54.4 Å². The molecule has 3 aromatic heterocycles. The fourth-order valence-corrected chi connectivity index (χ4v) is 19.8. The molecule has 1 fully saturated rings. The van der Waals surface area contributed by atoms with Crippen LogP contribution in [0.15, 0.2) is 152 Å². The molecule has 1 saturated heterocycles. The number of amides is 10. The van der Waals surface area contributed by atoms with Crippen LogP contribution in [0.1, 0.15) is 146 Å². The lowest BCUT2D eigenvalue weighted by Gasteiger charge is -2.43. The number of nitrogens with one attached hydrogen (secondary N) is 13. The number of nitrogens with two attached hydrogens (primary N) is 1. The predicted molar refractivity (Wildman–Crippen MR) is 451 cm³/mol. The molecule has 15 N–H and O–H groups in total. The van der Waals surface area contributed by atoms with E-state index in [1.54, 1.807) is 60.9 Å². The van der Waals surface area contributed by atoms with E-state index in [-0.39, 0.29) is 74.5 Å². The van der Waals surface area contributed by atoms with Crippen LogP contribution in [0.2, 0.25) is 5.04 Å². The van der Waals surface area contributed by atoms with Crippen molar-refractivity contribution in [3.8, 4) is 0 Å². The van der Waals surface area contributed by atoms with Crippen molar-refractivity contribution < 1.29 is 57.1 Å². The summed E-state index contributed by atoms with van der Waals surface area (Å²) in [6.45, 7) is 28.1. The smallest absolute Gasteiger partial charge is 0.261 e. The first-order valence-electron chi connectivity index (χ1n) is 40.5. The van der Waals surface area contributed by atoms with Gasteiger partial charge in [-0.1, -0.05) is 205 Å². The maximum atomic E-state index is 15.2. The molecule has 9 rings (SSSR count). The zero-order valence-electron chi connectivity index (χ0n) is 69.1. The van der Waals surface area contributed by atoms with Gasteiger partial charge in [0, 0.05) is 77.1 Å². The van der Waals surface area contributed by atoms with Crippen LogP contribution in [0, 0.1) is 29.6 Å². The van der Waals surface area contributed by atoms with Gasteiger partial charge in [0.25, 0.3) is 8.32 Å². The summed E-state index contributed by atoms with van der Waals surface area (Å²) >= 11 is 0. The van der Waals surface area contributed by atoms with Crippen molar-refractivity contribution in [3.05, 3.63) is 169 Å². The minimum atomic E-state index is -2.98. The van der Waals surface area contributed by atoms with Crippen LogP contribution < -0.4 is 69.3 Å². The molecule has 0 saturated carbocycles. The van der Waals surface area contributed by atoms with Crippen molar-refractivity contribution in [1.82, 2.24) is 68.1 Å². The Labute approximate surface area is 675 Å². The lowest BCUT2D eigenvalue weighted by Crippen LogP contribution is -2.67. The standard InChI is InChI=1S/C88H120N14O12Si/c1-50(2)42-68(95-83(108)72(46-59-49-93-67-37-27-24-34-64(59)67)99-85(110)75(52(5)6)101-87(112)77(54(9)10)102-86(111)76(53(7)8)100-78(103)55(11)89)80(105)94-56(12)73-38-39-74(114-73)84(109)98-71(45-58-48-92-66-36-26-23-33-63(58)66)82(107)96-69(43-51(3)4)81(106)97-70(44-57-47-91-65-35-25-22-32-62(57)65)79(104)90-40-41-113-115(88(13,14)15,60-28-18-16-19-29-60)61-30-20-17-21-31-61/h16-37,47-56,68-77,91-93H,38-46,89H2,1-15H3,(H,90,104)(H,94,105)(H,95,108)(H,96,107)(H,97,106)(H,98,109)(H,99,110)(H,100,103)(H,101,112)(H,102,111)/t55-,56-,68+,69+,70-,71-,72-,73-,74+,75+,76+,77-/m0/s1. The third-order valence-corrected chi connectivity index (χ3v) is 26.5. The number of aromatic amines is 3. The summed E-state index contributed by atoms with van der Waals surface area (Å²) in [5, 5.41) is 33.6. The maximum Gasteiger partial charge on any atom is 0.261 e. The Bertz CT molecular complexity index is 4600. The molecular formula is C88H120N14O12Si. The highest BCUT2D eigenvalue weighted by atomic mass is 28.4. The summed E-state index contributed by atoms with van der Waals surface area (Å²) in [5.74, 6) is -7.69. The van der Waals surface area contributed by atoms with Crippen LogP contribution in [-0.4, -0.2) is 168 Å². The Balaban J connectivity index is 0.886. The second-order valence-electron chi connectivity index (χ2n) is 33.6. The van der Waals surface area contributed by atoms with Crippen molar-refractivity contribution in [3.63, 3.8) is 0 Å². The van der Waals surface area contributed by atoms with E-state index < -0.39 is 152 Å². The van der Waals surface area contributed by atoms with Gasteiger partial charge < -0.3 is 83.0 Å². The Kier molecular flexibility index (Phi) is 30.9. The Morgan fingerprint density at radius 1 is 0.426 bits per heavy atom. The zero-order valence-corrected chi connectivity index (χ0v) is 70.1. The topological polar surface area (TPSA) is 383 Å². The van der Waals surface area contributed by atoms with Gasteiger partial charge >= 0.3 is 0 Å². The van der Waals surface area contributed by atoms with Crippen LogP contribution in [-0.2, 0) is 76.4 Å². The normalized spacial score (nSPS) is 16.6. The van der Waals surface area contributed by atoms with Crippen LogP contribution in [0.3, 0.4) is 0 Å². The van der Waals surface area contributed by atoms with Gasteiger partial charge in [-0.15, -0.1) is 0 Å². The van der Waals surface area contributed by atoms with Crippen molar-refractivity contribution in [2.45, 2.75) is 226 Å². The highest BCUT2D eigenvalue weighted by molar-refractivity contribution is 6.99. The first-order chi connectivity index (χ1) is 54.6. The average Bonchev–Trinajstić information content (AvgIpc) is 1.72. The molecule has 12 atom stereocenters. The van der Waals surface area contributed by atoms with Gasteiger partial charge in [-0.25, -0.2) is 0 Å². The number of ether oxygens (including phenoxy) is 1. The Morgan fingerprint density at radius 2 is 0.774 bits per heavy atom. The summed E-state index contributed by atoms with van der Waals surface area (Å²) < 4.78 is 13.6. The van der Waals surface area contributed by atoms with Crippen LogP contribution in [0.25, 0.3) is 32.7 Å². The van der Waals surface area contributed by atoms with Crippen LogP contribution in [0.5, 0.6) is 0 Å². The molecule has 0 unspecified atom stereocenters. The summed E-state index contributed by atoms with van der Waals surface area (Å²) in [4.78, 5) is 155. The molecule has 0 spiro atoms. The number of para-hydroxylation sites is 3. The van der Waals surface area contributed by atoms with Gasteiger partial charge in [-0.05, 0) is 119 Å². The molecule has 1 aliphatic rings. The largest absolute Gasteiger partial charge is 0.406 e. The number of hydrogen-bond acceptors (Lipinski definition) is 13. The monoisotopic (exact) mass is 1590 g/mol. The minimum absolute atomic E-state index is 0.00438. The maximum absolute atomic E-state index is 15.2. The first-order valence-corrected chi connectivity index (χ1v) is 42.4. The Morgan fingerprint density at radius 3 is 1.17 bits per heavy atom. The number of carbonyl (C=O) groups is 10. The summed E-state index contributed by atoms with van der Waals surface area (Å²) in [7, 11) is -2.98. The number of carbonyl (C=O) groups excluding carboxylic acids is 10. The van der Waals surface area contributed by atoms with Crippen molar-refractivity contribution in [1.29, 1.82) is 0 Å². The van der Waals surface area contributed by atoms with E-state index in [2.05, 4.69) is 113 Å². The minimum Gasteiger partial charge on any atom is -0.406 e. The van der Waals surface area contributed by atoms with Crippen molar-refractivity contribution in [2.24, 2.45) is 35.3 Å². The second kappa shape index (κ2) is 40.2. The number of hydrogen-bond donors (Lipinski definition) is 14. The van der Waals surface area contributed by atoms with E-state index in [4.69, 9.17) is 14.9 Å². The highest BCUT2D eigenvalue weighted by Crippen LogP contribution is 2.37. The molecule has 4 heterocycles. The number of fused-ring (bicyclic) bond motifs is 3. The molecular weight excluding hydrogens is 1470 g/mol. The van der Waals surface area contributed by atoms with Gasteiger partial charge in [-0.3, -0.25) is 47.9 Å². The third-order valence-electron chi connectivity index (χ3n) is 21.4. The van der Waals surface area contributed by atoms with Crippen molar-refractivity contribution in [2.75, 3.05) is 13.2 Å². The van der Waals surface area contributed by atoms with E-state index in [0.29, 0.717) is 12.0 Å². The number of aromatic nitrogens is 3. The van der Waals surface area contributed by atoms with Gasteiger partial charge in [0.05, 0.1) is 24.8 Å². The lowest BCUT2D eigenvalue weighted by atomic mass is 9.97. The molecule has 10 amide bonds. The number of benzene rings is 5. The molecule has 618 valence electrons. The van der Waals surface area contributed by atoms with Crippen molar-refractivity contribution >= 4 is 110 Å². The van der Waals surface area contributed by atoms with Gasteiger partial charge in [0.2, 0.25) is 59.1 Å². The molecule has 8 aromatic rings. The summed E-state index contributed by atoms with van der Waals surface area (Å²) in [6.07, 6.45) is 4.51. The second-order valence-corrected chi connectivity index (χ2v) is 37.9. The lowest BCUT2D eigenvalue weighted by molar-refractivity contribution is -0.138. The molecule has 0 radical (unpaired) electrons. The van der Waals surface area contributed by atoms with E-state index in [1.807, 2.05) is 143 Å². The number of H-pyrrole nitrogens is 3. The summed E-state index contributed by atoms with van der Waals surface area (Å²) in [5.41, 5.74) is 10.5. The fourth-order valence-electron chi connectivity index (χ4n) is 15.2. The molecule has 0 aliphatic carbocycles. The molecule has 1 aliphatic heterocycles. The quantitative estimate of drug-likeness (QED) is 0.0134. The van der Waals surface area contributed by atoms with E-state index >= 15 is 9.59 Å². The zero-order chi connectivity index (χ0) is 83.6. The number of rotatable bonds is 39. The first kappa shape index (κ1) is 88.5.